The SMILES string of the molecule is CCN(C(C)C)C(C)(O)CC(=O)O. The van der Waals surface area contributed by atoms with Crippen molar-refractivity contribution in [2.75, 3.05) is 6.54 Å². The highest BCUT2D eigenvalue weighted by Crippen LogP contribution is 2.18. The summed E-state index contributed by atoms with van der Waals surface area (Å²) >= 11 is 0. The number of aliphatic carboxylic acids is 1. The summed E-state index contributed by atoms with van der Waals surface area (Å²) in [6.07, 6.45) is -0.251. The zero-order chi connectivity index (χ0) is 10.6. The third-order valence-corrected chi connectivity index (χ3v) is 2.07. The summed E-state index contributed by atoms with van der Waals surface area (Å²) in [7, 11) is 0. The standard InChI is InChI=1S/C9H19NO3/c1-5-10(7(2)3)9(4,13)6-8(11)12/h7,13H,5-6H2,1-4H3,(H,11,12). The fourth-order valence-electron chi connectivity index (χ4n) is 1.65. The van der Waals surface area contributed by atoms with Crippen LogP contribution in [-0.4, -0.2) is 39.4 Å². The molecule has 1 atom stereocenters. The molecule has 4 nitrogen and oxygen atoms in total. The van der Waals surface area contributed by atoms with Crippen LogP contribution in [-0.2, 0) is 4.79 Å². The third-order valence-electron chi connectivity index (χ3n) is 2.07. The second kappa shape index (κ2) is 4.58. The minimum absolute atomic E-state index is 0.138. The van der Waals surface area contributed by atoms with Crippen LogP contribution in [0.15, 0.2) is 0 Å². The first kappa shape index (κ1) is 12.4. The van der Waals surface area contributed by atoms with Gasteiger partial charge >= 0.3 is 5.97 Å². The van der Waals surface area contributed by atoms with Crippen LogP contribution in [0.4, 0.5) is 0 Å². The zero-order valence-electron chi connectivity index (χ0n) is 8.74. The molecule has 78 valence electrons. The molecule has 4 heteroatoms. The highest BCUT2D eigenvalue weighted by atomic mass is 16.4. The van der Waals surface area contributed by atoms with Crippen molar-refractivity contribution < 1.29 is 15.0 Å². The first-order valence-electron chi connectivity index (χ1n) is 4.52. The van der Waals surface area contributed by atoms with Gasteiger partial charge in [-0.3, -0.25) is 9.69 Å². The van der Waals surface area contributed by atoms with E-state index in [4.69, 9.17) is 5.11 Å². The van der Waals surface area contributed by atoms with Crippen LogP contribution < -0.4 is 0 Å². The summed E-state index contributed by atoms with van der Waals surface area (Å²) in [6, 6.07) is 0.138. The highest BCUT2D eigenvalue weighted by molar-refractivity contribution is 5.67. The lowest BCUT2D eigenvalue weighted by Gasteiger charge is -2.38. The Morgan fingerprint density at radius 2 is 2.00 bits per heavy atom. The van der Waals surface area contributed by atoms with Gasteiger partial charge in [0.1, 0.15) is 5.72 Å². The van der Waals surface area contributed by atoms with Gasteiger partial charge in [-0.25, -0.2) is 0 Å². The van der Waals surface area contributed by atoms with Crippen molar-refractivity contribution in [2.24, 2.45) is 0 Å². The average molecular weight is 189 g/mol. The van der Waals surface area contributed by atoms with Gasteiger partial charge in [-0.1, -0.05) is 6.92 Å². The number of carbonyl (C=O) groups is 1. The van der Waals surface area contributed by atoms with E-state index in [1.165, 1.54) is 6.92 Å². The fourth-order valence-corrected chi connectivity index (χ4v) is 1.65. The molecule has 2 N–H and O–H groups in total. The number of rotatable bonds is 5. The Morgan fingerprint density at radius 1 is 1.54 bits per heavy atom. The normalized spacial score (nSPS) is 16.2. The molecule has 0 aromatic heterocycles. The Hall–Kier alpha value is -0.610. The van der Waals surface area contributed by atoms with Gasteiger partial charge in [0.2, 0.25) is 0 Å². The van der Waals surface area contributed by atoms with Crippen molar-refractivity contribution in [2.45, 2.75) is 45.9 Å². The predicted molar refractivity (Wildman–Crippen MR) is 50.4 cm³/mol. The van der Waals surface area contributed by atoms with E-state index in [1.807, 2.05) is 20.8 Å². The van der Waals surface area contributed by atoms with Gasteiger partial charge in [-0.15, -0.1) is 0 Å². The number of carboxylic acids is 1. The van der Waals surface area contributed by atoms with Gasteiger partial charge in [0.05, 0.1) is 6.42 Å². The summed E-state index contributed by atoms with van der Waals surface area (Å²) in [5.74, 6) is -0.982. The number of nitrogens with zero attached hydrogens (tertiary/aromatic N) is 1. The number of carboxylic acid groups (broad SMARTS) is 1. The summed E-state index contributed by atoms with van der Waals surface area (Å²) in [5.41, 5.74) is -1.26. The Balaban J connectivity index is 4.46. The van der Waals surface area contributed by atoms with Gasteiger partial charge in [-0.2, -0.15) is 0 Å². The van der Waals surface area contributed by atoms with Crippen LogP contribution in [0.2, 0.25) is 0 Å². The van der Waals surface area contributed by atoms with E-state index in [-0.39, 0.29) is 12.5 Å². The molecule has 0 fully saturated rings. The molecule has 0 saturated heterocycles. The zero-order valence-corrected chi connectivity index (χ0v) is 8.74. The first-order chi connectivity index (χ1) is 5.81. The van der Waals surface area contributed by atoms with Gasteiger partial charge in [-0.05, 0) is 27.3 Å². The summed E-state index contributed by atoms with van der Waals surface area (Å²) in [5, 5.41) is 18.4. The quantitative estimate of drug-likeness (QED) is 0.631. The van der Waals surface area contributed by atoms with E-state index in [0.29, 0.717) is 6.54 Å². The number of aliphatic hydroxyl groups is 1. The van der Waals surface area contributed by atoms with Crippen molar-refractivity contribution >= 4 is 5.97 Å². The fraction of sp³-hybridized carbons (Fsp3) is 0.889. The van der Waals surface area contributed by atoms with E-state index in [2.05, 4.69) is 0 Å². The second-order valence-electron chi connectivity index (χ2n) is 3.67. The van der Waals surface area contributed by atoms with Crippen molar-refractivity contribution in [1.82, 2.24) is 4.90 Å². The lowest BCUT2D eigenvalue weighted by molar-refractivity contribution is -0.156. The molecule has 0 aromatic rings. The molecule has 0 bridgehead atoms. The molecule has 1 unspecified atom stereocenters. The van der Waals surface area contributed by atoms with Crippen molar-refractivity contribution in [3.63, 3.8) is 0 Å². The Morgan fingerprint density at radius 3 is 2.23 bits per heavy atom. The molecule has 0 radical (unpaired) electrons. The second-order valence-corrected chi connectivity index (χ2v) is 3.67. The molecular weight excluding hydrogens is 170 g/mol. The summed E-state index contributed by atoms with van der Waals surface area (Å²) < 4.78 is 0. The molecule has 0 aliphatic rings. The van der Waals surface area contributed by atoms with E-state index in [0.717, 1.165) is 0 Å². The van der Waals surface area contributed by atoms with Gasteiger partial charge in [0, 0.05) is 6.04 Å². The third kappa shape index (κ3) is 3.74. The maximum absolute atomic E-state index is 10.5. The minimum atomic E-state index is -1.26. The number of hydrogen-bond donors (Lipinski definition) is 2. The van der Waals surface area contributed by atoms with Crippen LogP contribution >= 0.6 is 0 Å². The van der Waals surface area contributed by atoms with Gasteiger partial charge in [0.15, 0.2) is 0 Å². The van der Waals surface area contributed by atoms with E-state index in [9.17, 15) is 9.90 Å². The average Bonchev–Trinajstić information content (AvgIpc) is 1.82. The molecular formula is C9H19NO3. The smallest absolute Gasteiger partial charge is 0.307 e. The molecule has 0 aliphatic carbocycles. The van der Waals surface area contributed by atoms with Crippen molar-refractivity contribution in [3.05, 3.63) is 0 Å². The lowest BCUT2D eigenvalue weighted by Crippen LogP contribution is -2.51. The topological polar surface area (TPSA) is 60.8 Å². The van der Waals surface area contributed by atoms with E-state index in [1.54, 1.807) is 4.90 Å². The first-order valence-corrected chi connectivity index (χ1v) is 4.52. The monoisotopic (exact) mass is 189 g/mol. The maximum atomic E-state index is 10.5. The Bertz CT molecular complexity index is 178. The molecule has 0 saturated carbocycles. The highest BCUT2D eigenvalue weighted by Gasteiger charge is 2.32. The number of hydrogen-bond acceptors (Lipinski definition) is 3. The summed E-state index contributed by atoms with van der Waals surface area (Å²) in [6.45, 7) is 7.93. The van der Waals surface area contributed by atoms with Gasteiger partial charge in [0.25, 0.3) is 0 Å². The molecule has 0 heterocycles. The molecule has 0 aliphatic heterocycles. The van der Waals surface area contributed by atoms with Crippen LogP contribution in [0, 0.1) is 0 Å². The maximum Gasteiger partial charge on any atom is 0.307 e. The predicted octanol–water partition coefficient (Wildman–Crippen LogP) is 0.900. The molecule has 0 rings (SSSR count). The van der Waals surface area contributed by atoms with Gasteiger partial charge < -0.3 is 10.2 Å². The van der Waals surface area contributed by atoms with E-state index >= 15 is 0 Å². The Labute approximate surface area is 79.2 Å². The molecule has 13 heavy (non-hydrogen) atoms. The van der Waals surface area contributed by atoms with Crippen LogP contribution in [0.1, 0.15) is 34.1 Å². The molecule has 0 spiro atoms. The van der Waals surface area contributed by atoms with Crippen molar-refractivity contribution in [1.29, 1.82) is 0 Å². The van der Waals surface area contributed by atoms with Crippen molar-refractivity contribution in [3.8, 4) is 0 Å². The molecule has 0 aromatic carbocycles. The van der Waals surface area contributed by atoms with Crippen LogP contribution in [0.5, 0.6) is 0 Å². The largest absolute Gasteiger partial charge is 0.481 e. The molecule has 0 amide bonds. The van der Waals surface area contributed by atoms with Crippen LogP contribution in [0.25, 0.3) is 0 Å². The minimum Gasteiger partial charge on any atom is -0.481 e. The lowest BCUT2D eigenvalue weighted by atomic mass is 10.1. The van der Waals surface area contributed by atoms with E-state index < -0.39 is 11.7 Å². The summed E-state index contributed by atoms with van der Waals surface area (Å²) in [4.78, 5) is 12.2. The Kier molecular flexibility index (Phi) is 4.36. The van der Waals surface area contributed by atoms with Crippen LogP contribution in [0.3, 0.4) is 0 Å².